The van der Waals surface area contributed by atoms with Gasteiger partial charge in [-0.1, -0.05) is 11.6 Å². The number of esters is 1. The Morgan fingerprint density at radius 2 is 1.96 bits per heavy atom. The fourth-order valence-corrected chi connectivity index (χ4v) is 2.39. The van der Waals surface area contributed by atoms with Crippen LogP contribution in [0.15, 0.2) is 24.3 Å². The van der Waals surface area contributed by atoms with Gasteiger partial charge in [0.1, 0.15) is 5.75 Å². The number of epoxide rings is 1. The molecule has 128 valence electrons. The number of hydrogen-bond donors (Lipinski definition) is 0. The third-order valence-electron chi connectivity index (χ3n) is 3.76. The molecule has 0 radical (unpaired) electrons. The third-order valence-corrected chi connectivity index (χ3v) is 4.01. The van der Waals surface area contributed by atoms with Crippen LogP contribution >= 0.6 is 11.6 Å². The lowest BCUT2D eigenvalue weighted by atomic mass is 9.97. The zero-order valence-corrected chi connectivity index (χ0v) is 13.6. The third kappa shape index (κ3) is 4.32. The topological polar surface area (TPSA) is 48.1 Å². The minimum Gasteiger partial charge on any atom is -0.494 e. The lowest BCUT2D eigenvalue weighted by molar-refractivity contribution is -0.165. The second kappa shape index (κ2) is 7.45. The number of rotatable bonds is 9. The van der Waals surface area contributed by atoms with Crippen molar-refractivity contribution in [1.82, 2.24) is 0 Å². The number of carbonyl (C=O) groups excluding carboxylic acids is 1. The van der Waals surface area contributed by atoms with Gasteiger partial charge in [0.15, 0.2) is 0 Å². The van der Waals surface area contributed by atoms with E-state index in [2.05, 4.69) is 4.74 Å². The van der Waals surface area contributed by atoms with Gasteiger partial charge in [0, 0.05) is 11.4 Å². The Bertz CT molecular complexity index is 529. The molecule has 1 atom stereocenters. The molecule has 23 heavy (non-hydrogen) atoms. The highest BCUT2D eigenvalue weighted by Gasteiger charge is 2.70. The van der Waals surface area contributed by atoms with Crippen LogP contribution in [0.1, 0.15) is 25.7 Å². The van der Waals surface area contributed by atoms with Crippen LogP contribution in [0.2, 0.25) is 5.02 Å². The highest BCUT2D eigenvalue weighted by atomic mass is 35.5. The fourth-order valence-electron chi connectivity index (χ4n) is 2.26. The molecule has 0 aromatic heterocycles. The summed E-state index contributed by atoms with van der Waals surface area (Å²) in [7, 11) is 1.08. The lowest BCUT2D eigenvalue weighted by Crippen LogP contribution is -2.44. The largest absolute Gasteiger partial charge is 0.494 e. The maximum absolute atomic E-state index is 14.0. The summed E-state index contributed by atoms with van der Waals surface area (Å²) in [6.45, 7) is 0.151. The van der Waals surface area contributed by atoms with Gasteiger partial charge < -0.3 is 14.2 Å². The molecule has 0 N–H and O–H groups in total. The molecular weight excluding hydrogens is 330 g/mol. The van der Waals surface area contributed by atoms with Gasteiger partial charge in [0.05, 0.1) is 20.3 Å². The minimum atomic E-state index is -3.21. The molecular formula is C16H19ClF2O4. The van der Waals surface area contributed by atoms with E-state index in [0.717, 1.165) is 7.11 Å². The molecule has 1 unspecified atom stereocenters. The van der Waals surface area contributed by atoms with Crippen LogP contribution in [0.25, 0.3) is 0 Å². The Hall–Kier alpha value is -1.40. The Labute approximate surface area is 138 Å². The summed E-state index contributed by atoms with van der Waals surface area (Å²) in [6, 6.07) is 6.95. The molecule has 1 aliphatic rings. The predicted molar refractivity (Wildman–Crippen MR) is 81.1 cm³/mol. The molecule has 1 fully saturated rings. The van der Waals surface area contributed by atoms with E-state index in [9.17, 15) is 13.6 Å². The van der Waals surface area contributed by atoms with Crippen LogP contribution in [0.4, 0.5) is 8.78 Å². The zero-order valence-electron chi connectivity index (χ0n) is 12.8. The number of alkyl halides is 2. The van der Waals surface area contributed by atoms with Crippen molar-refractivity contribution in [1.29, 1.82) is 0 Å². The highest BCUT2D eigenvalue weighted by Crippen LogP contribution is 2.46. The number of methoxy groups -OCH3 is 1. The first-order valence-corrected chi connectivity index (χ1v) is 7.78. The van der Waals surface area contributed by atoms with Gasteiger partial charge in [0.2, 0.25) is 0 Å². The van der Waals surface area contributed by atoms with Gasteiger partial charge in [-0.25, -0.2) is 13.6 Å². The van der Waals surface area contributed by atoms with Crippen molar-refractivity contribution in [3.8, 4) is 5.75 Å². The highest BCUT2D eigenvalue weighted by molar-refractivity contribution is 6.30. The van der Waals surface area contributed by atoms with E-state index >= 15 is 0 Å². The molecule has 7 heteroatoms. The molecule has 0 spiro atoms. The molecule has 0 aliphatic carbocycles. The predicted octanol–water partition coefficient (Wildman–Crippen LogP) is 3.86. The van der Waals surface area contributed by atoms with Crippen LogP contribution in [0, 0.1) is 0 Å². The summed E-state index contributed by atoms with van der Waals surface area (Å²) < 4.78 is 42.7. The molecule has 2 rings (SSSR count). The molecule has 0 bridgehead atoms. The number of carbonyl (C=O) groups is 1. The summed E-state index contributed by atoms with van der Waals surface area (Å²) in [4.78, 5) is 11.4. The normalized spacial score (nSPS) is 20.2. The maximum Gasteiger partial charge on any atom is 0.347 e. The first-order chi connectivity index (χ1) is 10.9. The quantitative estimate of drug-likeness (QED) is 0.386. The first-order valence-electron chi connectivity index (χ1n) is 7.40. The van der Waals surface area contributed by atoms with Crippen molar-refractivity contribution < 1.29 is 27.8 Å². The Kier molecular flexibility index (Phi) is 5.81. The van der Waals surface area contributed by atoms with Gasteiger partial charge in [-0.3, -0.25) is 0 Å². The van der Waals surface area contributed by atoms with Crippen molar-refractivity contribution in [2.24, 2.45) is 0 Å². The van der Waals surface area contributed by atoms with Crippen molar-refractivity contribution in [3.05, 3.63) is 29.3 Å². The number of halogens is 3. The average molecular weight is 349 g/mol. The molecule has 1 aliphatic heterocycles. The number of ether oxygens (including phenoxy) is 3. The number of unbranched alkanes of at least 4 members (excludes halogenated alkanes) is 2. The van der Waals surface area contributed by atoms with E-state index in [4.69, 9.17) is 21.1 Å². The van der Waals surface area contributed by atoms with E-state index in [1.54, 1.807) is 24.3 Å². The Balaban J connectivity index is 1.65. The molecule has 1 aromatic rings. The monoisotopic (exact) mass is 348 g/mol. The lowest BCUT2D eigenvalue weighted by Gasteiger charge is -2.21. The van der Waals surface area contributed by atoms with Gasteiger partial charge >= 0.3 is 5.97 Å². The van der Waals surface area contributed by atoms with Gasteiger partial charge in [-0.2, -0.15) is 0 Å². The van der Waals surface area contributed by atoms with Gasteiger partial charge in [-0.05, 0) is 43.5 Å². The summed E-state index contributed by atoms with van der Waals surface area (Å²) in [5.41, 5.74) is -2.07. The summed E-state index contributed by atoms with van der Waals surface area (Å²) >= 11 is 5.76. The standard InChI is InChI=1S/C16H19ClF2O4/c1-21-14(20)15(11-23-15)16(18,19)9-3-2-4-10-22-13-7-5-12(17)6-8-13/h5-8H,2-4,9-11H2,1H3. The Morgan fingerprint density at radius 3 is 2.52 bits per heavy atom. The van der Waals surface area contributed by atoms with Crippen molar-refractivity contribution in [2.45, 2.75) is 37.2 Å². The summed E-state index contributed by atoms with van der Waals surface area (Å²) in [5, 5.41) is 0.626. The zero-order chi connectivity index (χ0) is 16.9. The SMILES string of the molecule is COC(=O)C1(C(F)(F)CCCCCOc2ccc(Cl)cc2)CO1. The molecule has 4 nitrogen and oxygen atoms in total. The molecule has 0 saturated carbocycles. The first kappa shape index (κ1) is 17.9. The molecule has 1 heterocycles. The molecule has 1 saturated heterocycles. The second-order valence-corrected chi connectivity index (χ2v) is 5.86. The molecule has 1 aromatic carbocycles. The van der Waals surface area contributed by atoms with E-state index in [0.29, 0.717) is 30.2 Å². The fraction of sp³-hybridized carbons (Fsp3) is 0.562. The summed E-state index contributed by atoms with van der Waals surface area (Å²) in [6.07, 6.45) is 1.08. The van der Waals surface area contributed by atoms with Gasteiger partial charge in [0.25, 0.3) is 11.5 Å². The average Bonchev–Trinajstić information content (AvgIpc) is 3.34. The van der Waals surface area contributed by atoms with Gasteiger partial charge in [-0.15, -0.1) is 0 Å². The van der Waals surface area contributed by atoms with Crippen molar-refractivity contribution in [2.75, 3.05) is 20.3 Å². The van der Waals surface area contributed by atoms with Crippen LogP contribution in [-0.4, -0.2) is 37.8 Å². The van der Waals surface area contributed by atoms with Crippen LogP contribution in [-0.2, 0) is 14.3 Å². The number of benzene rings is 1. The van der Waals surface area contributed by atoms with Crippen LogP contribution < -0.4 is 4.74 Å². The second-order valence-electron chi connectivity index (χ2n) is 5.42. The Morgan fingerprint density at radius 1 is 1.30 bits per heavy atom. The van der Waals surface area contributed by atoms with E-state index in [-0.39, 0.29) is 13.0 Å². The minimum absolute atomic E-state index is 0.277. The van der Waals surface area contributed by atoms with E-state index < -0.39 is 23.9 Å². The van der Waals surface area contributed by atoms with E-state index in [1.807, 2.05) is 0 Å². The van der Waals surface area contributed by atoms with Crippen LogP contribution in [0.3, 0.4) is 0 Å². The number of hydrogen-bond acceptors (Lipinski definition) is 4. The van der Waals surface area contributed by atoms with Crippen molar-refractivity contribution in [3.63, 3.8) is 0 Å². The summed E-state index contributed by atoms with van der Waals surface area (Å²) in [5.74, 6) is -3.53. The molecule has 0 amide bonds. The van der Waals surface area contributed by atoms with Crippen molar-refractivity contribution >= 4 is 17.6 Å². The maximum atomic E-state index is 14.0. The van der Waals surface area contributed by atoms with Crippen LogP contribution in [0.5, 0.6) is 5.75 Å². The van der Waals surface area contributed by atoms with E-state index in [1.165, 1.54) is 0 Å². The smallest absolute Gasteiger partial charge is 0.347 e.